The van der Waals surface area contributed by atoms with Crippen molar-refractivity contribution in [3.05, 3.63) is 131 Å². The van der Waals surface area contributed by atoms with Gasteiger partial charge < -0.3 is 4.74 Å². The summed E-state index contributed by atoms with van der Waals surface area (Å²) in [6.07, 6.45) is 39.5. The first-order chi connectivity index (χ1) is 19.3. The van der Waals surface area contributed by atoms with Gasteiger partial charge in [-0.05, 0) is 101 Å². The zero-order valence-corrected chi connectivity index (χ0v) is 27.6. The van der Waals surface area contributed by atoms with E-state index in [1.165, 1.54) is 46.3 Å². The molecule has 1 heteroatoms. The topological polar surface area (TPSA) is 9.23 Å². The molecule has 41 heavy (non-hydrogen) atoms. The van der Waals surface area contributed by atoms with Gasteiger partial charge in [-0.3, -0.25) is 0 Å². The van der Waals surface area contributed by atoms with Crippen LogP contribution in [0.1, 0.15) is 94.9 Å². The second-order valence-electron chi connectivity index (χ2n) is 13.0. The van der Waals surface area contributed by atoms with E-state index >= 15 is 0 Å². The number of ether oxygens (including phenoxy) is 1. The fraction of sp³-hybridized carbons (Fsp3) is 0.450. The van der Waals surface area contributed by atoms with Crippen molar-refractivity contribution in [1.29, 1.82) is 0 Å². The van der Waals surface area contributed by atoms with Crippen molar-refractivity contribution in [2.24, 2.45) is 11.8 Å². The Hall–Kier alpha value is -2.90. The minimum Gasteiger partial charge on any atom is -0.368 e. The molecule has 1 aliphatic heterocycles. The third-order valence-electron chi connectivity index (χ3n) is 8.14. The smallest absolute Gasteiger partial charge is 0.0728 e. The normalized spacial score (nSPS) is 26.2. The molecule has 2 fully saturated rings. The molecule has 0 aromatic rings. The molecule has 0 aromatic carbocycles. The van der Waals surface area contributed by atoms with Gasteiger partial charge in [0.2, 0.25) is 0 Å². The fourth-order valence-electron chi connectivity index (χ4n) is 5.76. The predicted octanol–water partition coefficient (Wildman–Crippen LogP) is 11.8. The summed E-state index contributed by atoms with van der Waals surface area (Å²) >= 11 is 0. The van der Waals surface area contributed by atoms with E-state index in [1.807, 2.05) is 0 Å². The monoisotopic (exact) mass is 552 g/mol. The molecule has 2 bridgehead atoms. The molecule has 1 nitrogen and oxygen atoms in total. The molecule has 1 saturated carbocycles. The lowest BCUT2D eigenvalue weighted by Gasteiger charge is -2.33. The van der Waals surface area contributed by atoms with Gasteiger partial charge in [0.15, 0.2) is 0 Å². The molecule has 2 rings (SSSR count). The van der Waals surface area contributed by atoms with Crippen LogP contribution in [0, 0.1) is 11.8 Å². The number of hydrogen-bond donors (Lipinski definition) is 0. The Bertz CT molecular complexity index is 1210. The molecule has 0 amide bonds. The van der Waals surface area contributed by atoms with Gasteiger partial charge in [0.1, 0.15) is 0 Å². The molecular formula is C40H56O. The van der Waals surface area contributed by atoms with Crippen molar-refractivity contribution in [1.82, 2.24) is 0 Å². The summed E-state index contributed by atoms with van der Waals surface area (Å²) in [5, 5.41) is 0. The summed E-state index contributed by atoms with van der Waals surface area (Å²) in [6.45, 7) is 21.9. The van der Waals surface area contributed by atoms with E-state index in [4.69, 9.17) is 4.74 Å². The molecule has 1 aliphatic carbocycles. The summed E-state index contributed by atoms with van der Waals surface area (Å²) in [7, 11) is 0. The van der Waals surface area contributed by atoms with Gasteiger partial charge in [0.05, 0.1) is 11.2 Å². The third-order valence-corrected chi connectivity index (χ3v) is 8.14. The molecule has 0 aromatic heterocycles. The highest BCUT2D eigenvalue weighted by Gasteiger charge is 2.59. The lowest BCUT2D eigenvalue weighted by atomic mass is 9.82. The van der Waals surface area contributed by atoms with Crippen LogP contribution >= 0.6 is 0 Å². The van der Waals surface area contributed by atoms with Crippen LogP contribution in [0.2, 0.25) is 0 Å². The van der Waals surface area contributed by atoms with Crippen molar-refractivity contribution >= 4 is 0 Å². The summed E-state index contributed by atoms with van der Waals surface area (Å²) in [5.74, 6) is 1.14. The van der Waals surface area contributed by atoms with Crippen LogP contribution in [0.4, 0.5) is 0 Å². The van der Waals surface area contributed by atoms with Crippen molar-refractivity contribution < 1.29 is 4.74 Å². The standard InChI is InChI=1S/C40H56O/c1-31(2)17-13-20-34(5)23-15-25-35(6)24-14-21-32(3)18-11-12-19-33(4)22-16-26-36(7)27-28-38-37-29-30-40(38,10)41-39(37,8)9/h11-12,14-19,21-28,37-38H,13,20,29-30H2,1-10H3/t37-,38+,40-/m0/s1. The van der Waals surface area contributed by atoms with Crippen LogP contribution in [-0.2, 0) is 4.74 Å². The summed E-state index contributed by atoms with van der Waals surface area (Å²) in [6, 6.07) is 0. The maximum Gasteiger partial charge on any atom is 0.0728 e. The first-order valence-electron chi connectivity index (χ1n) is 15.4. The maximum absolute atomic E-state index is 6.40. The lowest BCUT2D eigenvalue weighted by Crippen LogP contribution is -2.35. The lowest BCUT2D eigenvalue weighted by molar-refractivity contribution is -0.113. The minimum atomic E-state index is -0.00524. The SMILES string of the molecule is CC(C)=CCCC(C)=CC=CC(C)=CC=CC(C)=CC=CC=C(C)C=CC=C(C)C=C[C@@H]1[C@@H]2CC[C@]1(C)OC2(C)C. The first-order valence-corrected chi connectivity index (χ1v) is 15.4. The van der Waals surface area contributed by atoms with E-state index in [2.05, 4.69) is 166 Å². The van der Waals surface area contributed by atoms with Crippen molar-refractivity contribution in [3.8, 4) is 0 Å². The predicted molar refractivity (Wildman–Crippen MR) is 183 cm³/mol. The first kappa shape index (κ1) is 34.3. The van der Waals surface area contributed by atoms with Crippen LogP contribution in [0.5, 0.6) is 0 Å². The second kappa shape index (κ2) is 16.5. The number of rotatable bonds is 13. The van der Waals surface area contributed by atoms with Crippen LogP contribution in [0.25, 0.3) is 0 Å². The van der Waals surface area contributed by atoms with Gasteiger partial charge in [-0.15, -0.1) is 0 Å². The summed E-state index contributed by atoms with van der Waals surface area (Å²) in [5.41, 5.74) is 7.74. The van der Waals surface area contributed by atoms with Crippen LogP contribution in [-0.4, -0.2) is 11.2 Å². The highest BCUT2D eigenvalue weighted by molar-refractivity contribution is 5.32. The van der Waals surface area contributed by atoms with Crippen molar-refractivity contribution in [3.63, 3.8) is 0 Å². The Morgan fingerprint density at radius 2 is 1.15 bits per heavy atom. The molecule has 0 spiro atoms. The average molecular weight is 553 g/mol. The van der Waals surface area contributed by atoms with Crippen molar-refractivity contribution in [2.75, 3.05) is 0 Å². The average Bonchev–Trinajstić information content (AvgIpc) is 3.30. The Morgan fingerprint density at radius 1 is 0.659 bits per heavy atom. The van der Waals surface area contributed by atoms with Crippen molar-refractivity contribution in [2.45, 2.75) is 106 Å². The molecule has 0 N–H and O–H groups in total. The van der Waals surface area contributed by atoms with E-state index < -0.39 is 0 Å². The summed E-state index contributed by atoms with van der Waals surface area (Å²) in [4.78, 5) is 0. The molecule has 1 saturated heterocycles. The van der Waals surface area contributed by atoms with E-state index in [0.29, 0.717) is 11.8 Å². The number of fused-ring (bicyclic) bond motifs is 2. The highest BCUT2D eigenvalue weighted by atomic mass is 16.5. The molecular weight excluding hydrogens is 496 g/mol. The second-order valence-corrected chi connectivity index (χ2v) is 13.0. The van der Waals surface area contributed by atoms with E-state index in [1.54, 1.807) is 0 Å². The molecule has 222 valence electrons. The van der Waals surface area contributed by atoms with Crippen LogP contribution < -0.4 is 0 Å². The highest BCUT2D eigenvalue weighted by Crippen LogP contribution is 2.57. The van der Waals surface area contributed by atoms with Crippen LogP contribution in [0.15, 0.2) is 131 Å². The van der Waals surface area contributed by atoms with E-state index in [9.17, 15) is 0 Å². The Morgan fingerprint density at radius 3 is 1.61 bits per heavy atom. The zero-order valence-electron chi connectivity index (χ0n) is 27.6. The van der Waals surface area contributed by atoms with Gasteiger partial charge in [0, 0.05) is 5.92 Å². The molecule has 0 unspecified atom stereocenters. The molecule has 2 aliphatic rings. The number of allylic oxidation sites excluding steroid dienone is 21. The quantitative estimate of drug-likeness (QED) is 0.163. The minimum absolute atomic E-state index is 0.00393. The van der Waals surface area contributed by atoms with Gasteiger partial charge in [-0.1, -0.05) is 131 Å². The third kappa shape index (κ3) is 12.2. The zero-order chi connectivity index (χ0) is 30.5. The largest absolute Gasteiger partial charge is 0.368 e. The van der Waals surface area contributed by atoms with E-state index in [-0.39, 0.29) is 11.2 Å². The summed E-state index contributed by atoms with van der Waals surface area (Å²) < 4.78 is 6.40. The maximum atomic E-state index is 6.40. The fourth-order valence-corrected chi connectivity index (χ4v) is 5.76. The van der Waals surface area contributed by atoms with Gasteiger partial charge >= 0.3 is 0 Å². The molecule has 0 radical (unpaired) electrons. The molecule has 3 atom stereocenters. The van der Waals surface area contributed by atoms with Crippen LogP contribution in [0.3, 0.4) is 0 Å². The Balaban J connectivity index is 1.80. The van der Waals surface area contributed by atoms with Gasteiger partial charge in [0.25, 0.3) is 0 Å². The van der Waals surface area contributed by atoms with E-state index in [0.717, 1.165) is 12.8 Å². The Labute approximate surface area is 252 Å². The Kier molecular flexibility index (Phi) is 13.8. The van der Waals surface area contributed by atoms with Gasteiger partial charge in [-0.2, -0.15) is 0 Å². The molecule has 1 heterocycles. The number of hydrogen-bond acceptors (Lipinski definition) is 1. The van der Waals surface area contributed by atoms with Gasteiger partial charge in [-0.25, -0.2) is 0 Å².